The maximum Gasteiger partial charge on any atom is 0.418 e. The molecule has 0 aliphatic heterocycles. The molecule has 0 amide bonds. The Morgan fingerprint density at radius 1 is 1.10 bits per heavy atom. The van der Waals surface area contributed by atoms with Crippen molar-refractivity contribution in [2.45, 2.75) is 18.9 Å². The number of fused-ring (bicyclic) bond motifs is 1. The van der Waals surface area contributed by atoms with Crippen molar-refractivity contribution >= 4 is 16.9 Å². The van der Waals surface area contributed by atoms with Gasteiger partial charge in [0.15, 0.2) is 0 Å². The monoisotopic (exact) mass is 420 g/mol. The second-order valence-corrected chi connectivity index (χ2v) is 6.03. The lowest BCUT2D eigenvalue weighted by Crippen LogP contribution is -2.14. The van der Waals surface area contributed by atoms with Crippen LogP contribution in [0.4, 0.5) is 30.7 Å². The van der Waals surface area contributed by atoms with Gasteiger partial charge in [-0.3, -0.25) is 4.68 Å². The Labute approximate surface area is 158 Å². The van der Waals surface area contributed by atoms with Crippen LogP contribution in [-0.2, 0) is 23.6 Å². The number of methoxy groups -OCH3 is 1. The molecule has 1 heterocycles. The molecule has 0 aliphatic rings. The summed E-state index contributed by atoms with van der Waals surface area (Å²) >= 11 is 0. The third kappa shape index (κ3) is 3.89. The SMILES string of the molecule is COC(=O)c1cccc(Cn2ncc3cc(C(F)(F)F)cc(C(F)(F)F)c32)c1F. The molecule has 4 nitrogen and oxygen atoms in total. The standard InChI is InChI=1S/C18H11F7N2O2/c1-29-16(28)12-4-2-3-9(14(12)19)8-27-15-10(7-26-27)5-11(17(20,21)22)6-13(15)18(23,24)25/h2-7H,8H2,1H3. The molecule has 0 atom stereocenters. The van der Waals surface area contributed by atoms with Gasteiger partial charge in [0, 0.05) is 10.9 Å². The van der Waals surface area contributed by atoms with Gasteiger partial charge in [-0.1, -0.05) is 12.1 Å². The largest absolute Gasteiger partial charge is 0.465 e. The van der Waals surface area contributed by atoms with Crippen LogP contribution >= 0.6 is 0 Å². The lowest BCUT2D eigenvalue weighted by molar-refractivity contribution is -0.142. The van der Waals surface area contributed by atoms with Gasteiger partial charge in [0.1, 0.15) is 5.82 Å². The molecule has 154 valence electrons. The molecule has 0 N–H and O–H groups in total. The van der Waals surface area contributed by atoms with Crippen molar-refractivity contribution in [3.63, 3.8) is 0 Å². The molecule has 2 aromatic carbocycles. The van der Waals surface area contributed by atoms with E-state index in [-0.39, 0.29) is 11.6 Å². The number of alkyl halides is 6. The van der Waals surface area contributed by atoms with E-state index in [0.29, 0.717) is 6.07 Å². The quantitative estimate of drug-likeness (QED) is 0.440. The summed E-state index contributed by atoms with van der Waals surface area (Å²) in [7, 11) is 1.03. The zero-order valence-corrected chi connectivity index (χ0v) is 14.5. The summed E-state index contributed by atoms with van der Waals surface area (Å²) in [5.74, 6) is -2.01. The van der Waals surface area contributed by atoms with E-state index in [9.17, 15) is 35.5 Å². The van der Waals surface area contributed by atoms with Crippen molar-refractivity contribution < 1.29 is 40.3 Å². The van der Waals surface area contributed by atoms with Crippen LogP contribution in [0.15, 0.2) is 36.5 Å². The van der Waals surface area contributed by atoms with Gasteiger partial charge in [-0.15, -0.1) is 0 Å². The molecule has 3 aromatic rings. The Morgan fingerprint density at radius 3 is 2.38 bits per heavy atom. The van der Waals surface area contributed by atoms with E-state index in [1.807, 2.05) is 0 Å². The van der Waals surface area contributed by atoms with Crippen molar-refractivity contribution in [3.8, 4) is 0 Å². The average molecular weight is 420 g/mol. The third-order valence-electron chi connectivity index (χ3n) is 4.17. The molecule has 0 unspecified atom stereocenters. The molecule has 0 aliphatic carbocycles. The number of ether oxygens (including phenoxy) is 1. The topological polar surface area (TPSA) is 44.1 Å². The maximum atomic E-state index is 14.5. The minimum Gasteiger partial charge on any atom is -0.465 e. The summed E-state index contributed by atoms with van der Waals surface area (Å²) in [6.45, 7) is -0.547. The Kier molecular flexibility index (Phi) is 5.01. The van der Waals surface area contributed by atoms with Gasteiger partial charge in [0.05, 0.1) is 42.1 Å². The average Bonchev–Trinajstić information content (AvgIpc) is 3.03. The molecule has 0 bridgehead atoms. The van der Waals surface area contributed by atoms with Crippen LogP contribution in [0.25, 0.3) is 10.9 Å². The number of benzene rings is 2. The summed E-state index contributed by atoms with van der Waals surface area (Å²) in [6, 6.07) is 4.16. The van der Waals surface area contributed by atoms with Crippen LogP contribution in [0.1, 0.15) is 27.0 Å². The fourth-order valence-corrected chi connectivity index (χ4v) is 2.86. The second kappa shape index (κ2) is 7.05. The number of hydrogen-bond donors (Lipinski definition) is 0. The summed E-state index contributed by atoms with van der Waals surface area (Å²) < 4.78 is 98.9. The number of carbonyl (C=O) groups excluding carboxylic acids is 1. The van der Waals surface area contributed by atoms with Gasteiger partial charge >= 0.3 is 18.3 Å². The lowest BCUT2D eigenvalue weighted by atomic mass is 10.1. The van der Waals surface area contributed by atoms with Crippen molar-refractivity contribution in [2.75, 3.05) is 7.11 Å². The van der Waals surface area contributed by atoms with Crippen LogP contribution in [-0.4, -0.2) is 22.9 Å². The smallest absolute Gasteiger partial charge is 0.418 e. The number of halogens is 7. The Bertz CT molecular complexity index is 1080. The molecule has 0 fully saturated rings. The second-order valence-electron chi connectivity index (χ2n) is 6.03. The summed E-state index contributed by atoms with van der Waals surface area (Å²) in [5.41, 5.74) is -4.28. The van der Waals surface area contributed by atoms with Crippen LogP contribution in [0.3, 0.4) is 0 Å². The molecule has 3 rings (SSSR count). The highest BCUT2D eigenvalue weighted by Crippen LogP contribution is 2.40. The van der Waals surface area contributed by atoms with Crippen LogP contribution in [0, 0.1) is 5.82 Å². The Balaban J connectivity index is 2.17. The van der Waals surface area contributed by atoms with E-state index in [1.54, 1.807) is 0 Å². The summed E-state index contributed by atoms with van der Waals surface area (Å²) in [6.07, 6.45) is -9.26. The number of hydrogen-bond acceptors (Lipinski definition) is 3. The zero-order chi connectivity index (χ0) is 21.6. The van der Waals surface area contributed by atoms with Crippen LogP contribution in [0.5, 0.6) is 0 Å². The molecule has 0 radical (unpaired) electrons. The third-order valence-corrected chi connectivity index (χ3v) is 4.17. The number of esters is 1. The van der Waals surface area contributed by atoms with Gasteiger partial charge in [-0.05, 0) is 18.2 Å². The number of nitrogens with zero attached hydrogens (tertiary/aromatic N) is 2. The minimum atomic E-state index is -5.11. The molecule has 0 spiro atoms. The van der Waals surface area contributed by atoms with Gasteiger partial charge < -0.3 is 4.74 Å². The molecule has 0 saturated carbocycles. The van der Waals surface area contributed by atoms with E-state index in [4.69, 9.17) is 0 Å². The predicted octanol–water partition coefficient (Wildman–Crippen LogP) is 5.05. The summed E-state index contributed by atoms with van der Waals surface area (Å²) in [4.78, 5) is 11.6. The van der Waals surface area contributed by atoms with Gasteiger partial charge in [-0.25, -0.2) is 9.18 Å². The molecular weight excluding hydrogens is 409 g/mol. The normalized spacial score (nSPS) is 12.4. The molecule has 11 heteroatoms. The first-order valence-electron chi connectivity index (χ1n) is 7.93. The van der Waals surface area contributed by atoms with Crippen molar-refractivity contribution in [1.82, 2.24) is 9.78 Å². The number of aromatic nitrogens is 2. The first-order valence-corrected chi connectivity index (χ1v) is 7.93. The Morgan fingerprint density at radius 2 is 1.79 bits per heavy atom. The zero-order valence-electron chi connectivity index (χ0n) is 14.5. The van der Waals surface area contributed by atoms with Gasteiger partial charge in [0.2, 0.25) is 0 Å². The van der Waals surface area contributed by atoms with Gasteiger partial charge in [-0.2, -0.15) is 31.4 Å². The Hall–Kier alpha value is -3.11. The highest BCUT2D eigenvalue weighted by molar-refractivity contribution is 5.90. The highest BCUT2D eigenvalue weighted by atomic mass is 19.4. The van der Waals surface area contributed by atoms with E-state index < -0.39 is 58.3 Å². The van der Waals surface area contributed by atoms with Gasteiger partial charge in [0.25, 0.3) is 0 Å². The maximum absolute atomic E-state index is 14.5. The number of rotatable bonds is 3. The van der Waals surface area contributed by atoms with E-state index in [0.717, 1.165) is 24.1 Å². The van der Waals surface area contributed by atoms with Crippen molar-refractivity contribution in [2.24, 2.45) is 0 Å². The first kappa shape index (κ1) is 20.6. The number of carbonyl (C=O) groups is 1. The van der Waals surface area contributed by atoms with Crippen molar-refractivity contribution in [1.29, 1.82) is 0 Å². The molecule has 1 aromatic heterocycles. The molecular formula is C18H11F7N2O2. The fourth-order valence-electron chi connectivity index (χ4n) is 2.86. The lowest BCUT2D eigenvalue weighted by Gasteiger charge is -2.15. The molecule has 0 saturated heterocycles. The summed E-state index contributed by atoms with van der Waals surface area (Å²) in [5, 5.41) is 3.28. The first-order chi connectivity index (χ1) is 13.4. The molecule has 29 heavy (non-hydrogen) atoms. The minimum absolute atomic E-state index is 0.0122. The van der Waals surface area contributed by atoms with E-state index in [2.05, 4.69) is 9.84 Å². The van der Waals surface area contributed by atoms with E-state index in [1.165, 1.54) is 12.1 Å². The van der Waals surface area contributed by atoms with Crippen LogP contribution in [0.2, 0.25) is 0 Å². The van der Waals surface area contributed by atoms with E-state index >= 15 is 0 Å². The highest BCUT2D eigenvalue weighted by Gasteiger charge is 2.39. The van der Waals surface area contributed by atoms with Crippen molar-refractivity contribution in [3.05, 3.63) is 64.6 Å². The predicted molar refractivity (Wildman–Crippen MR) is 86.6 cm³/mol. The fraction of sp³-hybridized carbons (Fsp3) is 0.222. The van der Waals surface area contributed by atoms with Crippen LogP contribution < -0.4 is 0 Å².